The van der Waals surface area contributed by atoms with E-state index in [4.69, 9.17) is 4.74 Å². The molecule has 22 heavy (non-hydrogen) atoms. The molecule has 1 fully saturated rings. The number of nitrogens with zero attached hydrogens (tertiary/aromatic N) is 1. The maximum absolute atomic E-state index is 12.1. The van der Waals surface area contributed by atoms with Gasteiger partial charge >= 0.3 is 0 Å². The average molecular weight is 391 g/mol. The first kappa shape index (κ1) is 17.4. The third kappa shape index (κ3) is 4.77. The van der Waals surface area contributed by atoms with E-state index in [-0.39, 0.29) is 18.1 Å². The summed E-state index contributed by atoms with van der Waals surface area (Å²) in [6.07, 6.45) is -0.0607. The number of halogens is 1. The standard InChI is InChI=1S/C14H19BrN2O4S/c1-11-10-12(2-3-13(11)15)16-14(18)4-9-22(19,20)17-5-7-21-8-6-17/h2-3,10H,4-9H2,1H3,(H,16,18). The molecular weight excluding hydrogens is 372 g/mol. The second-order valence-corrected chi connectivity index (χ2v) is 8.03. The Kier molecular flexibility index (Phi) is 5.96. The lowest BCUT2D eigenvalue weighted by Crippen LogP contribution is -2.42. The van der Waals surface area contributed by atoms with Gasteiger partial charge in [-0.3, -0.25) is 4.79 Å². The average Bonchev–Trinajstić information content (AvgIpc) is 2.50. The Labute approximate surface area is 139 Å². The maximum atomic E-state index is 12.1. The van der Waals surface area contributed by atoms with Crippen LogP contribution in [0.5, 0.6) is 0 Å². The van der Waals surface area contributed by atoms with Gasteiger partial charge in [0.15, 0.2) is 0 Å². The second kappa shape index (κ2) is 7.54. The highest BCUT2D eigenvalue weighted by Gasteiger charge is 2.24. The van der Waals surface area contributed by atoms with Gasteiger partial charge in [0.1, 0.15) is 0 Å². The topological polar surface area (TPSA) is 75.7 Å². The largest absolute Gasteiger partial charge is 0.379 e. The zero-order chi connectivity index (χ0) is 16.2. The molecule has 122 valence electrons. The van der Waals surface area contributed by atoms with Crippen LogP contribution in [0, 0.1) is 6.92 Å². The van der Waals surface area contributed by atoms with Crippen molar-refractivity contribution >= 4 is 37.5 Å². The normalized spacial score (nSPS) is 16.5. The molecule has 0 aliphatic carbocycles. The van der Waals surface area contributed by atoms with Crippen LogP contribution < -0.4 is 5.32 Å². The van der Waals surface area contributed by atoms with Gasteiger partial charge < -0.3 is 10.1 Å². The first-order chi connectivity index (χ1) is 10.4. The fourth-order valence-corrected chi connectivity index (χ4v) is 3.78. The molecular formula is C14H19BrN2O4S. The van der Waals surface area contributed by atoms with Gasteiger partial charge in [-0.2, -0.15) is 4.31 Å². The number of benzene rings is 1. The quantitative estimate of drug-likeness (QED) is 0.830. The van der Waals surface area contributed by atoms with E-state index >= 15 is 0 Å². The zero-order valence-electron chi connectivity index (χ0n) is 12.3. The Bertz CT molecular complexity index is 642. The van der Waals surface area contributed by atoms with Crippen LogP contribution in [0.1, 0.15) is 12.0 Å². The molecule has 0 aromatic heterocycles. The van der Waals surface area contributed by atoms with Gasteiger partial charge in [-0.1, -0.05) is 15.9 Å². The Hall–Kier alpha value is -0.960. The van der Waals surface area contributed by atoms with Gasteiger partial charge in [0.25, 0.3) is 0 Å². The van der Waals surface area contributed by atoms with E-state index in [0.29, 0.717) is 32.0 Å². The number of nitrogens with one attached hydrogen (secondary N) is 1. The summed E-state index contributed by atoms with van der Waals surface area (Å²) in [4.78, 5) is 11.9. The number of hydrogen-bond acceptors (Lipinski definition) is 4. The van der Waals surface area contributed by atoms with Crippen LogP contribution in [-0.2, 0) is 19.6 Å². The predicted molar refractivity (Wildman–Crippen MR) is 88.3 cm³/mol. The van der Waals surface area contributed by atoms with Crippen LogP contribution in [0.3, 0.4) is 0 Å². The summed E-state index contributed by atoms with van der Waals surface area (Å²) in [5.74, 6) is -0.493. The van der Waals surface area contributed by atoms with E-state index in [0.717, 1.165) is 10.0 Å². The highest BCUT2D eigenvalue weighted by atomic mass is 79.9. The molecule has 2 rings (SSSR count). The van der Waals surface area contributed by atoms with E-state index in [9.17, 15) is 13.2 Å². The third-order valence-electron chi connectivity index (χ3n) is 3.39. The smallest absolute Gasteiger partial charge is 0.225 e. The Morgan fingerprint density at radius 3 is 2.68 bits per heavy atom. The lowest BCUT2D eigenvalue weighted by molar-refractivity contribution is -0.115. The highest BCUT2D eigenvalue weighted by Crippen LogP contribution is 2.20. The summed E-state index contributed by atoms with van der Waals surface area (Å²) in [7, 11) is -3.40. The molecule has 0 saturated carbocycles. The summed E-state index contributed by atoms with van der Waals surface area (Å²) in [6, 6.07) is 5.44. The van der Waals surface area contributed by atoms with Crippen molar-refractivity contribution < 1.29 is 17.9 Å². The van der Waals surface area contributed by atoms with Crippen LogP contribution in [0.4, 0.5) is 5.69 Å². The molecule has 0 atom stereocenters. The van der Waals surface area contributed by atoms with Crippen LogP contribution in [0.15, 0.2) is 22.7 Å². The highest BCUT2D eigenvalue weighted by molar-refractivity contribution is 9.10. The molecule has 1 saturated heterocycles. The number of ether oxygens (including phenoxy) is 1. The van der Waals surface area contributed by atoms with Crippen LogP contribution in [-0.4, -0.2) is 50.7 Å². The number of aryl methyl sites for hydroxylation is 1. The minimum absolute atomic E-state index is 0.0607. The SMILES string of the molecule is Cc1cc(NC(=O)CCS(=O)(=O)N2CCOCC2)ccc1Br. The summed E-state index contributed by atoms with van der Waals surface area (Å²) in [5.41, 5.74) is 1.66. The third-order valence-corrected chi connectivity index (χ3v) is 6.15. The Morgan fingerprint density at radius 1 is 1.36 bits per heavy atom. The number of anilines is 1. The van der Waals surface area contributed by atoms with Crippen LogP contribution in [0.25, 0.3) is 0 Å². The maximum Gasteiger partial charge on any atom is 0.225 e. The van der Waals surface area contributed by atoms with Crippen molar-refractivity contribution in [3.8, 4) is 0 Å². The minimum atomic E-state index is -3.40. The van der Waals surface area contributed by atoms with Gasteiger partial charge in [-0.05, 0) is 30.7 Å². The van der Waals surface area contributed by atoms with Crippen molar-refractivity contribution in [2.75, 3.05) is 37.4 Å². The number of sulfonamides is 1. The summed E-state index contributed by atoms with van der Waals surface area (Å²) in [6.45, 7) is 3.45. The van der Waals surface area contributed by atoms with Crippen molar-refractivity contribution in [3.05, 3.63) is 28.2 Å². The van der Waals surface area contributed by atoms with Crippen molar-refractivity contribution in [1.82, 2.24) is 4.31 Å². The van der Waals surface area contributed by atoms with Crippen LogP contribution >= 0.6 is 15.9 Å². The fraction of sp³-hybridized carbons (Fsp3) is 0.500. The molecule has 8 heteroatoms. The van der Waals surface area contributed by atoms with E-state index in [1.54, 1.807) is 6.07 Å². The lowest BCUT2D eigenvalue weighted by Gasteiger charge is -2.25. The first-order valence-electron chi connectivity index (χ1n) is 7.00. The molecule has 0 radical (unpaired) electrons. The number of morpholine rings is 1. The molecule has 0 unspecified atom stereocenters. The summed E-state index contributed by atoms with van der Waals surface area (Å²) < 4.78 is 31.7. The molecule has 6 nitrogen and oxygen atoms in total. The molecule has 0 spiro atoms. The van der Waals surface area contributed by atoms with Crippen molar-refractivity contribution in [2.24, 2.45) is 0 Å². The zero-order valence-corrected chi connectivity index (χ0v) is 14.7. The van der Waals surface area contributed by atoms with Crippen molar-refractivity contribution in [2.45, 2.75) is 13.3 Å². The van der Waals surface area contributed by atoms with E-state index in [2.05, 4.69) is 21.2 Å². The van der Waals surface area contributed by atoms with Gasteiger partial charge in [0, 0.05) is 29.7 Å². The molecule has 1 aliphatic rings. The molecule has 1 heterocycles. The van der Waals surface area contributed by atoms with E-state index in [1.807, 2.05) is 19.1 Å². The molecule has 1 amide bonds. The number of amides is 1. The Balaban J connectivity index is 1.87. The van der Waals surface area contributed by atoms with Gasteiger partial charge in [-0.25, -0.2) is 8.42 Å². The second-order valence-electron chi connectivity index (χ2n) is 5.09. The number of carbonyl (C=O) groups is 1. The Morgan fingerprint density at radius 2 is 2.05 bits per heavy atom. The van der Waals surface area contributed by atoms with Crippen LogP contribution in [0.2, 0.25) is 0 Å². The monoisotopic (exact) mass is 390 g/mol. The van der Waals surface area contributed by atoms with Crippen molar-refractivity contribution in [3.63, 3.8) is 0 Å². The molecule has 1 aromatic rings. The number of carbonyl (C=O) groups excluding carboxylic acids is 1. The first-order valence-corrected chi connectivity index (χ1v) is 9.40. The summed E-state index contributed by atoms with van der Waals surface area (Å²) in [5, 5.41) is 2.72. The molecule has 1 aliphatic heterocycles. The number of hydrogen-bond donors (Lipinski definition) is 1. The van der Waals surface area contributed by atoms with Gasteiger partial charge in [0.2, 0.25) is 15.9 Å². The molecule has 1 aromatic carbocycles. The van der Waals surface area contributed by atoms with Gasteiger partial charge in [-0.15, -0.1) is 0 Å². The molecule has 0 bridgehead atoms. The van der Waals surface area contributed by atoms with Crippen molar-refractivity contribution in [1.29, 1.82) is 0 Å². The fourth-order valence-electron chi connectivity index (χ4n) is 2.12. The summed E-state index contributed by atoms with van der Waals surface area (Å²) >= 11 is 3.39. The lowest BCUT2D eigenvalue weighted by atomic mass is 10.2. The predicted octanol–water partition coefficient (Wildman–Crippen LogP) is 1.75. The molecule has 1 N–H and O–H groups in total. The van der Waals surface area contributed by atoms with Gasteiger partial charge in [0.05, 0.1) is 19.0 Å². The minimum Gasteiger partial charge on any atom is -0.379 e. The van der Waals surface area contributed by atoms with E-state index in [1.165, 1.54) is 4.31 Å². The number of rotatable bonds is 5. The van der Waals surface area contributed by atoms with E-state index < -0.39 is 10.0 Å².